The summed E-state index contributed by atoms with van der Waals surface area (Å²) in [5, 5.41) is 15.4. The number of nitrogens with one attached hydrogen (secondary N) is 2. The number of para-hydroxylation sites is 1. The van der Waals surface area contributed by atoms with E-state index in [2.05, 4.69) is 10.6 Å². The molecular weight excluding hydrogens is 572 g/mol. The number of benzene rings is 3. The van der Waals surface area contributed by atoms with Crippen molar-refractivity contribution in [3.8, 4) is 16.9 Å². The topological polar surface area (TPSA) is 163 Å². The Balaban J connectivity index is 1.58. The Bertz CT molecular complexity index is 1520. The second kappa shape index (κ2) is 14.0. The lowest BCUT2D eigenvalue weighted by atomic mass is 9.84. The molecule has 1 heterocycles. The quantitative estimate of drug-likeness (QED) is 0.215. The van der Waals surface area contributed by atoms with Crippen LogP contribution in [0.4, 0.5) is 21.0 Å². The van der Waals surface area contributed by atoms with Crippen LogP contribution in [0.25, 0.3) is 11.1 Å². The second-order valence-corrected chi connectivity index (χ2v) is 12.3. The van der Waals surface area contributed by atoms with Crippen molar-refractivity contribution in [2.45, 2.75) is 64.9 Å². The van der Waals surface area contributed by atoms with Crippen molar-refractivity contribution in [3.63, 3.8) is 0 Å². The Labute approximate surface area is 264 Å². The summed E-state index contributed by atoms with van der Waals surface area (Å²) in [5.41, 5.74) is 16.2. The van der Waals surface area contributed by atoms with Crippen molar-refractivity contribution in [3.05, 3.63) is 77.9 Å². The third-order valence-electron chi connectivity index (χ3n) is 8.30. The first-order chi connectivity index (χ1) is 21.3. The van der Waals surface area contributed by atoms with Gasteiger partial charge in [0, 0.05) is 23.7 Å². The fourth-order valence-electron chi connectivity index (χ4n) is 5.71. The molecule has 11 nitrogen and oxygen atoms in total. The molecule has 0 spiro atoms. The van der Waals surface area contributed by atoms with Gasteiger partial charge in [0.2, 0.25) is 5.91 Å². The number of hydrogen-bond acceptors (Lipinski definition) is 6. The molecule has 0 radical (unpaired) electrons. The lowest BCUT2D eigenvalue weighted by Gasteiger charge is -2.33. The highest BCUT2D eigenvalue weighted by Gasteiger charge is 2.34. The van der Waals surface area contributed by atoms with Gasteiger partial charge in [0.15, 0.2) is 0 Å². The summed E-state index contributed by atoms with van der Waals surface area (Å²) < 4.78 is 5.44. The van der Waals surface area contributed by atoms with Gasteiger partial charge in [-0.15, -0.1) is 0 Å². The first-order valence-electron chi connectivity index (χ1n) is 15.0. The van der Waals surface area contributed by atoms with Crippen LogP contribution in [0.3, 0.4) is 0 Å². The summed E-state index contributed by atoms with van der Waals surface area (Å²) in [5.74, 6) is 0.434. The predicted octanol–water partition coefficient (Wildman–Crippen LogP) is 4.11. The first-order valence-corrected chi connectivity index (χ1v) is 15.0. The van der Waals surface area contributed by atoms with Crippen molar-refractivity contribution < 1.29 is 24.2 Å². The number of methoxy groups -OCH3 is 1. The summed E-state index contributed by atoms with van der Waals surface area (Å²) in [7, 11) is 3.22. The second-order valence-electron chi connectivity index (χ2n) is 12.3. The van der Waals surface area contributed by atoms with Gasteiger partial charge in [-0.05, 0) is 67.1 Å². The molecule has 0 saturated heterocycles. The number of ether oxygens (including phenoxy) is 1. The summed E-state index contributed by atoms with van der Waals surface area (Å²) in [6.45, 7) is 5.68. The van der Waals surface area contributed by atoms with Gasteiger partial charge in [-0.25, -0.2) is 9.59 Å². The van der Waals surface area contributed by atoms with Crippen LogP contribution < -0.4 is 36.6 Å². The minimum absolute atomic E-state index is 0.247. The van der Waals surface area contributed by atoms with E-state index in [-0.39, 0.29) is 12.5 Å². The Morgan fingerprint density at radius 1 is 1.13 bits per heavy atom. The molecule has 45 heavy (non-hydrogen) atoms. The minimum Gasteiger partial charge on any atom is -0.497 e. The van der Waals surface area contributed by atoms with Crippen LogP contribution in [0.5, 0.6) is 5.75 Å². The van der Waals surface area contributed by atoms with E-state index in [1.165, 1.54) is 4.90 Å². The van der Waals surface area contributed by atoms with Crippen LogP contribution >= 0.6 is 0 Å². The third kappa shape index (κ3) is 7.92. The maximum Gasteiger partial charge on any atom is 0.319 e. The summed E-state index contributed by atoms with van der Waals surface area (Å²) in [6.07, 6.45) is 0.00919. The highest BCUT2D eigenvalue weighted by Crippen LogP contribution is 2.34. The van der Waals surface area contributed by atoms with Gasteiger partial charge in [0.05, 0.1) is 31.6 Å². The lowest BCUT2D eigenvalue weighted by molar-refractivity contribution is -0.120. The van der Waals surface area contributed by atoms with Gasteiger partial charge in [-0.1, -0.05) is 56.3 Å². The maximum atomic E-state index is 14.0. The molecule has 0 aliphatic carbocycles. The smallest absolute Gasteiger partial charge is 0.319 e. The predicted molar refractivity (Wildman–Crippen MR) is 176 cm³/mol. The molecule has 1 aliphatic heterocycles. The van der Waals surface area contributed by atoms with Gasteiger partial charge in [-0.3, -0.25) is 9.69 Å². The standard InChI is InChI=1S/C34H44N6O5/c1-21(41)19-34(2,3)31(35)38-33(44)37-27-16-14-24-18-25(45-5)15-17-28(24)40(30(27)42)20-22-10-12-23(13-11-22)26-8-6-7-9-29(26)39(4)32(36)43/h6-13,15,17-18,21,27,31,41H,14,16,19-20,35H2,1-5H3,(H2,36,43)(H2,37,38,44)/t21-,27?,31-/m1/s1. The molecule has 1 unspecified atom stereocenters. The number of hydrogen-bond donors (Lipinski definition) is 5. The van der Waals surface area contributed by atoms with Crippen molar-refractivity contribution in [2.24, 2.45) is 16.9 Å². The fourth-order valence-corrected chi connectivity index (χ4v) is 5.71. The largest absolute Gasteiger partial charge is 0.497 e. The molecule has 0 bridgehead atoms. The average Bonchev–Trinajstić information content (AvgIpc) is 3.12. The minimum atomic E-state index is -0.800. The SMILES string of the molecule is COc1ccc2c(c1)CCC(NC(=O)N[C@@H](N)C(C)(C)C[C@@H](C)O)C(=O)N2Cc1ccc(-c2ccccc2N(C)C(N)=O)cc1. The first kappa shape index (κ1) is 33.3. The van der Waals surface area contributed by atoms with Crippen LogP contribution in [0.2, 0.25) is 0 Å². The molecule has 3 aromatic rings. The Morgan fingerprint density at radius 2 is 1.82 bits per heavy atom. The Kier molecular flexibility index (Phi) is 10.4. The van der Waals surface area contributed by atoms with Crippen molar-refractivity contribution in [1.29, 1.82) is 0 Å². The molecule has 4 rings (SSSR count). The summed E-state index contributed by atoms with van der Waals surface area (Å²) in [6, 6.07) is 19.0. The van der Waals surface area contributed by atoms with E-state index in [0.717, 1.165) is 27.9 Å². The molecular formula is C34H44N6O5. The number of amides is 5. The number of nitrogens with two attached hydrogens (primary N) is 2. The molecule has 11 heteroatoms. The van der Waals surface area contributed by atoms with Crippen molar-refractivity contribution >= 4 is 29.3 Å². The maximum absolute atomic E-state index is 14.0. The molecule has 0 fully saturated rings. The molecule has 3 aromatic carbocycles. The zero-order chi connectivity index (χ0) is 32.9. The van der Waals surface area contributed by atoms with E-state index in [0.29, 0.717) is 30.7 Å². The number of primary amides is 1. The Hall–Kier alpha value is -4.61. The molecule has 240 valence electrons. The third-order valence-corrected chi connectivity index (χ3v) is 8.30. The van der Waals surface area contributed by atoms with E-state index in [4.69, 9.17) is 16.2 Å². The van der Waals surface area contributed by atoms with Gasteiger partial charge >= 0.3 is 12.1 Å². The number of urea groups is 2. The van der Waals surface area contributed by atoms with Crippen LogP contribution in [0.15, 0.2) is 66.7 Å². The zero-order valence-electron chi connectivity index (χ0n) is 26.5. The number of fused-ring (bicyclic) bond motifs is 1. The number of rotatable bonds is 10. The van der Waals surface area contributed by atoms with Crippen molar-refractivity contribution in [1.82, 2.24) is 10.6 Å². The molecule has 5 amide bonds. The van der Waals surface area contributed by atoms with E-state index in [1.807, 2.05) is 80.6 Å². The fraction of sp³-hybridized carbons (Fsp3) is 0.382. The van der Waals surface area contributed by atoms with Gasteiger partial charge < -0.3 is 36.8 Å². The number of aliphatic hydroxyl groups is 1. The molecule has 3 atom stereocenters. The monoisotopic (exact) mass is 616 g/mol. The van der Waals surface area contributed by atoms with Crippen LogP contribution in [-0.2, 0) is 17.8 Å². The molecule has 0 aromatic heterocycles. The van der Waals surface area contributed by atoms with E-state index in [9.17, 15) is 19.5 Å². The van der Waals surface area contributed by atoms with Crippen LogP contribution in [0.1, 0.15) is 44.7 Å². The lowest BCUT2D eigenvalue weighted by Crippen LogP contribution is -2.58. The number of aryl methyl sites for hydroxylation is 1. The van der Waals surface area contributed by atoms with Gasteiger partial charge in [0.1, 0.15) is 11.8 Å². The average molecular weight is 617 g/mol. The summed E-state index contributed by atoms with van der Waals surface area (Å²) >= 11 is 0. The highest BCUT2D eigenvalue weighted by atomic mass is 16.5. The van der Waals surface area contributed by atoms with E-state index < -0.39 is 35.8 Å². The molecule has 7 N–H and O–H groups in total. The van der Waals surface area contributed by atoms with Crippen LogP contribution in [0, 0.1) is 5.41 Å². The van der Waals surface area contributed by atoms with E-state index in [1.54, 1.807) is 26.0 Å². The number of carbonyl (C=O) groups excluding carboxylic acids is 3. The molecule has 1 aliphatic rings. The molecule has 0 saturated carbocycles. The van der Waals surface area contributed by atoms with Crippen LogP contribution in [-0.4, -0.2) is 55.5 Å². The van der Waals surface area contributed by atoms with E-state index >= 15 is 0 Å². The number of anilines is 2. The highest BCUT2D eigenvalue weighted by molar-refractivity contribution is 6.00. The zero-order valence-corrected chi connectivity index (χ0v) is 26.5. The Morgan fingerprint density at radius 3 is 2.47 bits per heavy atom. The number of nitrogens with zero attached hydrogens (tertiary/aromatic N) is 2. The normalized spacial score (nSPS) is 16.2. The summed E-state index contributed by atoms with van der Waals surface area (Å²) in [4.78, 5) is 42.0. The van der Waals surface area contributed by atoms with Crippen molar-refractivity contribution in [2.75, 3.05) is 24.0 Å². The van der Waals surface area contributed by atoms with Gasteiger partial charge in [0.25, 0.3) is 0 Å². The number of carbonyl (C=O) groups is 3. The van der Waals surface area contributed by atoms with Gasteiger partial charge in [-0.2, -0.15) is 0 Å². The number of aliphatic hydroxyl groups excluding tert-OH is 1.